The Morgan fingerprint density at radius 2 is 2.06 bits per heavy atom. The molecular weight excluding hydrogens is 200 g/mol. The lowest BCUT2D eigenvalue weighted by Gasteiger charge is -2.09. The van der Waals surface area contributed by atoms with Gasteiger partial charge in [-0.25, -0.2) is 0 Å². The van der Waals surface area contributed by atoms with Gasteiger partial charge in [-0.15, -0.1) is 0 Å². The first kappa shape index (κ1) is 11.4. The van der Waals surface area contributed by atoms with Crippen molar-refractivity contribution in [3.8, 4) is 6.07 Å². The SMILES string of the molecule is CCCC(C#N)NC(=O)C1C2CCCCC21. The van der Waals surface area contributed by atoms with E-state index in [1.807, 2.05) is 6.92 Å². The highest BCUT2D eigenvalue weighted by Crippen LogP contribution is 2.55. The molecule has 3 nitrogen and oxygen atoms in total. The fourth-order valence-electron chi connectivity index (χ4n) is 3.11. The van der Waals surface area contributed by atoms with Crippen LogP contribution in [0.25, 0.3) is 0 Å². The van der Waals surface area contributed by atoms with Crippen LogP contribution in [0.3, 0.4) is 0 Å². The Labute approximate surface area is 97.2 Å². The van der Waals surface area contributed by atoms with E-state index in [-0.39, 0.29) is 17.9 Å². The summed E-state index contributed by atoms with van der Waals surface area (Å²) in [5.74, 6) is 1.64. The van der Waals surface area contributed by atoms with Gasteiger partial charge < -0.3 is 5.32 Å². The molecule has 0 spiro atoms. The predicted molar refractivity (Wildman–Crippen MR) is 61.4 cm³/mol. The number of hydrogen-bond donors (Lipinski definition) is 1. The maximum absolute atomic E-state index is 12.0. The molecule has 0 aromatic heterocycles. The fraction of sp³-hybridized carbons (Fsp3) is 0.846. The fourth-order valence-corrected chi connectivity index (χ4v) is 3.11. The number of fused-ring (bicyclic) bond motifs is 1. The topological polar surface area (TPSA) is 52.9 Å². The number of nitriles is 1. The van der Waals surface area contributed by atoms with E-state index in [1.54, 1.807) is 0 Å². The monoisotopic (exact) mass is 220 g/mol. The molecule has 0 aromatic rings. The zero-order valence-electron chi connectivity index (χ0n) is 9.91. The highest BCUT2D eigenvalue weighted by atomic mass is 16.2. The molecule has 0 saturated heterocycles. The average molecular weight is 220 g/mol. The molecule has 2 fully saturated rings. The van der Waals surface area contributed by atoms with E-state index >= 15 is 0 Å². The molecule has 2 saturated carbocycles. The van der Waals surface area contributed by atoms with E-state index in [4.69, 9.17) is 5.26 Å². The van der Waals surface area contributed by atoms with Gasteiger partial charge in [-0.1, -0.05) is 26.2 Å². The zero-order valence-corrected chi connectivity index (χ0v) is 9.91. The van der Waals surface area contributed by atoms with Gasteiger partial charge in [-0.05, 0) is 31.1 Å². The predicted octanol–water partition coefficient (Wildman–Crippen LogP) is 2.23. The molecular formula is C13H20N2O. The highest BCUT2D eigenvalue weighted by Gasteiger charge is 2.54. The second-order valence-electron chi connectivity index (χ2n) is 5.12. The molecule has 3 atom stereocenters. The standard InChI is InChI=1S/C13H20N2O/c1-2-5-9(8-14)15-13(16)12-10-6-3-4-7-11(10)12/h9-12H,2-7H2,1H3,(H,15,16). The van der Waals surface area contributed by atoms with Crippen molar-refractivity contribution in [3.05, 3.63) is 0 Å². The van der Waals surface area contributed by atoms with Gasteiger partial charge in [0.2, 0.25) is 5.91 Å². The first-order valence-corrected chi connectivity index (χ1v) is 6.48. The Balaban J connectivity index is 1.82. The molecule has 2 aliphatic rings. The molecule has 0 heterocycles. The number of nitrogens with zero attached hydrogens (tertiary/aromatic N) is 1. The second kappa shape index (κ2) is 4.86. The molecule has 0 aromatic carbocycles. The Morgan fingerprint density at radius 3 is 2.56 bits per heavy atom. The molecule has 88 valence electrons. The van der Waals surface area contributed by atoms with Gasteiger partial charge in [-0.3, -0.25) is 4.79 Å². The summed E-state index contributed by atoms with van der Waals surface area (Å²) in [7, 11) is 0. The lowest BCUT2D eigenvalue weighted by molar-refractivity contribution is -0.123. The number of carbonyl (C=O) groups excluding carboxylic acids is 1. The third kappa shape index (κ3) is 2.21. The zero-order chi connectivity index (χ0) is 11.5. The number of nitrogens with one attached hydrogen (secondary N) is 1. The van der Waals surface area contributed by atoms with Crippen molar-refractivity contribution < 1.29 is 4.79 Å². The molecule has 16 heavy (non-hydrogen) atoms. The third-order valence-electron chi connectivity index (χ3n) is 4.01. The van der Waals surface area contributed by atoms with Gasteiger partial charge in [0, 0.05) is 5.92 Å². The van der Waals surface area contributed by atoms with Gasteiger partial charge in [0.25, 0.3) is 0 Å². The minimum atomic E-state index is -0.278. The van der Waals surface area contributed by atoms with Crippen molar-refractivity contribution in [2.45, 2.75) is 51.5 Å². The van der Waals surface area contributed by atoms with Crippen molar-refractivity contribution in [2.24, 2.45) is 17.8 Å². The van der Waals surface area contributed by atoms with Crippen molar-refractivity contribution >= 4 is 5.91 Å². The minimum Gasteiger partial charge on any atom is -0.340 e. The Hall–Kier alpha value is -1.04. The second-order valence-corrected chi connectivity index (χ2v) is 5.12. The molecule has 1 amide bonds. The van der Waals surface area contributed by atoms with Gasteiger partial charge in [-0.2, -0.15) is 5.26 Å². The number of hydrogen-bond acceptors (Lipinski definition) is 2. The molecule has 0 bridgehead atoms. The van der Waals surface area contributed by atoms with Gasteiger partial charge >= 0.3 is 0 Å². The summed E-state index contributed by atoms with van der Waals surface area (Å²) < 4.78 is 0. The van der Waals surface area contributed by atoms with E-state index < -0.39 is 0 Å². The largest absolute Gasteiger partial charge is 0.340 e. The van der Waals surface area contributed by atoms with Crippen LogP contribution in [-0.4, -0.2) is 11.9 Å². The summed E-state index contributed by atoms with van der Waals surface area (Å²) in [6.07, 6.45) is 6.70. The van der Waals surface area contributed by atoms with E-state index in [1.165, 1.54) is 25.7 Å². The average Bonchev–Trinajstić information content (AvgIpc) is 3.02. The van der Waals surface area contributed by atoms with Crippen LogP contribution >= 0.6 is 0 Å². The third-order valence-corrected chi connectivity index (χ3v) is 4.01. The lowest BCUT2D eigenvalue weighted by Crippen LogP contribution is -2.35. The molecule has 3 heteroatoms. The van der Waals surface area contributed by atoms with Crippen LogP contribution in [0.15, 0.2) is 0 Å². The van der Waals surface area contributed by atoms with Gasteiger partial charge in [0.1, 0.15) is 6.04 Å². The first-order valence-electron chi connectivity index (χ1n) is 6.48. The maximum Gasteiger partial charge on any atom is 0.224 e. The smallest absolute Gasteiger partial charge is 0.224 e. The van der Waals surface area contributed by atoms with Crippen molar-refractivity contribution in [1.29, 1.82) is 5.26 Å². The molecule has 2 rings (SSSR count). The first-order chi connectivity index (χ1) is 7.77. The Kier molecular flexibility index (Phi) is 3.48. The van der Waals surface area contributed by atoms with Crippen LogP contribution in [-0.2, 0) is 4.79 Å². The van der Waals surface area contributed by atoms with Crippen LogP contribution in [0.1, 0.15) is 45.4 Å². The quantitative estimate of drug-likeness (QED) is 0.790. The van der Waals surface area contributed by atoms with Crippen LogP contribution in [0.2, 0.25) is 0 Å². The molecule has 2 aliphatic carbocycles. The van der Waals surface area contributed by atoms with Crippen LogP contribution in [0.4, 0.5) is 0 Å². The van der Waals surface area contributed by atoms with Crippen LogP contribution in [0.5, 0.6) is 0 Å². The summed E-state index contributed by atoms with van der Waals surface area (Å²) in [6.45, 7) is 2.04. The molecule has 0 aliphatic heterocycles. The summed E-state index contributed by atoms with van der Waals surface area (Å²) in [6, 6.07) is 1.89. The van der Waals surface area contributed by atoms with Gasteiger partial charge in [0.15, 0.2) is 0 Å². The number of carbonyl (C=O) groups is 1. The minimum absolute atomic E-state index is 0.136. The lowest BCUT2D eigenvalue weighted by atomic mass is 10.0. The molecule has 3 unspecified atom stereocenters. The Bertz CT molecular complexity index is 296. The summed E-state index contributed by atoms with van der Waals surface area (Å²) >= 11 is 0. The molecule has 0 radical (unpaired) electrons. The van der Waals surface area contributed by atoms with E-state index in [9.17, 15) is 4.79 Å². The van der Waals surface area contributed by atoms with E-state index in [0.29, 0.717) is 11.8 Å². The summed E-state index contributed by atoms with van der Waals surface area (Å²) in [5.41, 5.74) is 0. The van der Waals surface area contributed by atoms with Crippen molar-refractivity contribution in [3.63, 3.8) is 0 Å². The highest BCUT2D eigenvalue weighted by molar-refractivity contribution is 5.82. The van der Waals surface area contributed by atoms with Crippen molar-refractivity contribution in [1.82, 2.24) is 5.32 Å². The number of amides is 1. The normalized spacial score (nSPS) is 33.4. The van der Waals surface area contributed by atoms with Crippen LogP contribution in [0, 0.1) is 29.1 Å². The Morgan fingerprint density at radius 1 is 1.44 bits per heavy atom. The van der Waals surface area contributed by atoms with E-state index in [0.717, 1.165) is 12.8 Å². The van der Waals surface area contributed by atoms with E-state index in [2.05, 4.69) is 11.4 Å². The van der Waals surface area contributed by atoms with Crippen molar-refractivity contribution in [2.75, 3.05) is 0 Å². The summed E-state index contributed by atoms with van der Waals surface area (Å²) in [5, 5.41) is 11.8. The molecule has 1 N–H and O–H groups in total. The number of rotatable bonds is 4. The van der Waals surface area contributed by atoms with Gasteiger partial charge in [0.05, 0.1) is 6.07 Å². The van der Waals surface area contributed by atoms with Crippen LogP contribution < -0.4 is 5.32 Å². The summed E-state index contributed by atoms with van der Waals surface area (Å²) in [4.78, 5) is 12.0. The maximum atomic E-state index is 12.0.